The van der Waals surface area contributed by atoms with Crippen molar-refractivity contribution in [2.75, 3.05) is 24.7 Å². The minimum absolute atomic E-state index is 0.0242. The lowest BCUT2D eigenvalue weighted by Gasteiger charge is -2.10. The van der Waals surface area contributed by atoms with Crippen LogP contribution in [0.15, 0.2) is 0 Å². The highest BCUT2D eigenvalue weighted by Crippen LogP contribution is 2.19. The van der Waals surface area contributed by atoms with Crippen LogP contribution in [0.5, 0.6) is 0 Å². The number of nitrogens with zero attached hydrogens (tertiary/aromatic N) is 2. The lowest BCUT2D eigenvalue weighted by Crippen LogP contribution is -2.26. The molecule has 0 atom stereocenters. The molecule has 1 rings (SSSR count). The van der Waals surface area contributed by atoms with Crippen molar-refractivity contribution in [2.45, 2.75) is 13.8 Å². The summed E-state index contributed by atoms with van der Waals surface area (Å²) < 4.78 is 24.6. The lowest BCUT2D eigenvalue weighted by molar-refractivity contribution is 0.588. The van der Waals surface area contributed by atoms with Crippen LogP contribution in [0.3, 0.4) is 0 Å². The Labute approximate surface area is 106 Å². The van der Waals surface area contributed by atoms with Crippen LogP contribution in [-0.2, 0) is 10.0 Å². The molecule has 0 radical (unpaired) electrons. The van der Waals surface area contributed by atoms with Crippen LogP contribution in [0.4, 0.5) is 5.82 Å². The Hall–Kier alpha value is -0.920. The molecule has 0 bridgehead atoms. The van der Waals surface area contributed by atoms with E-state index in [4.69, 9.17) is 11.6 Å². The molecule has 0 aliphatic carbocycles. The Morgan fingerprint density at radius 1 is 1.29 bits per heavy atom. The smallest absolute Gasteiger partial charge is 0.213 e. The number of aromatic nitrogens is 2. The summed E-state index contributed by atoms with van der Waals surface area (Å²) in [6.45, 7) is 3.76. The summed E-state index contributed by atoms with van der Waals surface area (Å²) in [6.07, 6.45) is 0. The first-order valence-corrected chi connectivity index (χ1v) is 7.04. The van der Waals surface area contributed by atoms with Crippen molar-refractivity contribution in [1.29, 1.82) is 0 Å². The lowest BCUT2D eigenvalue weighted by atomic mass is 10.3. The monoisotopic (exact) mass is 278 g/mol. The maximum Gasteiger partial charge on any atom is 0.213 e. The van der Waals surface area contributed by atoms with Crippen molar-refractivity contribution < 1.29 is 8.42 Å². The number of hydrogen-bond donors (Lipinski definition) is 2. The van der Waals surface area contributed by atoms with Gasteiger partial charge in [0.25, 0.3) is 0 Å². The molecule has 0 amide bonds. The van der Waals surface area contributed by atoms with Crippen LogP contribution < -0.4 is 10.0 Å². The first-order valence-electron chi connectivity index (χ1n) is 5.01. The molecule has 0 saturated heterocycles. The van der Waals surface area contributed by atoms with E-state index in [9.17, 15) is 8.42 Å². The van der Waals surface area contributed by atoms with E-state index in [0.29, 0.717) is 22.4 Å². The van der Waals surface area contributed by atoms with Gasteiger partial charge >= 0.3 is 0 Å². The normalized spacial score (nSPS) is 11.5. The Bertz CT molecular complexity index is 504. The van der Waals surface area contributed by atoms with Gasteiger partial charge in [-0.2, -0.15) is 0 Å². The van der Waals surface area contributed by atoms with Crippen molar-refractivity contribution in [3.05, 3.63) is 16.5 Å². The fraction of sp³-hybridized carbons (Fsp3) is 0.556. The van der Waals surface area contributed by atoms with Gasteiger partial charge in [0.05, 0.1) is 5.75 Å². The van der Waals surface area contributed by atoms with Gasteiger partial charge in [-0.05, 0) is 20.9 Å². The molecule has 0 aliphatic rings. The molecule has 0 fully saturated rings. The van der Waals surface area contributed by atoms with E-state index in [-0.39, 0.29) is 12.3 Å². The van der Waals surface area contributed by atoms with E-state index in [1.54, 1.807) is 13.8 Å². The molecule has 1 heterocycles. The molecule has 0 aromatic carbocycles. The SMILES string of the molecule is CNS(=O)(=O)CCNc1nc(C)nc(Cl)c1C. The molecule has 1 aromatic rings. The third kappa shape index (κ3) is 4.10. The minimum atomic E-state index is -3.21. The third-order valence-electron chi connectivity index (χ3n) is 2.17. The molecule has 0 spiro atoms. The van der Waals surface area contributed by atoms with Crippen LogP contribution in [0.25, 0.3) is 0 Å². The fourth-order valence-electron chi connectivity index (χ4n) is 1.17. The summed E-state index contributed by atoms with van der Waals surface area (Å²) in [4.78, 5) is 8.15. The van der Waals surface area contributed by atoms with Gasteiger partial charge in [0.15, 0.2) is 0 Å². The zero-order chi connectivity index (χ0) is 13.1. The largest absolute Gasteiger partial charge is 0.369 e. The fourth-order valence-corrected chi connectivity index (χ4v) is 1.96. The number of halogens is 1. The van der Waals surface area contributed by atoms with Gasteiger partial charge in [0.2, 0.25) is 10.0 Å². The van der Waals surface area contributed by atoms with Gasteiger partial charge in [0.1, 0.15) is 16.8 Å². The molecule has 8 heteroatoms. The molecular formula is C9H15ClN4O2S. The van der Waals surface area contributed by atoms with E-state index in [1.165, 1.54) is 7.05 Å². The standard InChI is InChI=1S/C9H15ClN4O2S/c1-6-8(10)13-7(2)14-9(6)12-4-5-17(15,16)11-3/h11H,4-5H2,1-3H3,(H,12,13,14). The topological polar surface area (TPSA) is 84.0 Å². The van der Waals surface area contributed by atoms with Gasteiger partial charge in [-0.15, -0.1) is 0 Å². The number of aryl methyl sites for hydroxylation is 1. The summed E-state index contributed by atoms with van der Waals surface area (Å²) in [5.74, 6) is 1.08. The van der Waals surface area contributed by atoms with Gasteiger partial charge in [-0.25, -0.2) is 23.1 Å². The average molecular weight is 279 g/mol. The van der Waals surface area contributed by atoms with E-state index in [1.807, 2.05) is 0 Å². The maximum absolute atomic E-state index is 11.2. The number of rotatable bonds is 5. The van der Waals surface area contributed by atoms with Crippen LogP contribution in [0, 0.1) is 13.8 Å². The van der Waals surface area contributed by atoms with Crippen LogP contribution in [0.2, 0.25) is 5.15 Å². The quantitative estimate of drug-likeness (QED) is 0.775. The molecule has 1 aromatic heterocycles. The molecule has 96 valence electrons. The number of sulfonamides is 1. The molecule has 2 N–H and O–H groups in total. The van der Waals surface area contributed by atoms with Crippen molar-refractivity contribution in [2.24, 2.45) is 0 Å². The van der Waals surface area contributed by atoms with E-state index in [2.05, 4.69) is 20.0 Å². The highest BCUT2D eigenvalue weighted by molar-refractivity contribution is 7.89. The number of hydrogen-bond acceptors (Lipinski definition) is 5. The van der Waals surface area contributed by atoms with Gasteiger partial charge in [0, 0.05) is 12.1 Å². The van der Waals surface area contributed by atoms with Crippen molar-refractivity contribution in [3.8, 4) is 0 Å². The Kier molecular flexibility index (Phi) is 4.67. The second kappa shape index (κ2) is 5.61. The molecule has 0 aliphatic heterocycles. The van der Waals surface area contributed by atoms with E-state index in [0.717, 1.165) is 0 Å². The van der Waals surface area contributed by atoms with Crippen LogP contribution >= 0.6 is 11.6 Å². The molecule has 6 nitrogen and oxygen atoms in total. The van der Waals surface area contributed by atoms with Gasteiger partial charge < -0.3 is 5.32 Å². The van der Waals surface area contributed by atoms with Gasteiger partial charge in [-0.3, -0.25) is 0 Å². The number of nitrogens with one attached hydrogen (secondary N) is 2. The highest BCUT2D eigenvalue weighted by Gasteiger charge is 2.09. The molecular weight excluding hydrogens is 264 g/mol. The predicted octanol–water partition coefficient (Wildman–Crippen LogP) is 0.708. The van der Waals surface area contributed by atoms with Crippen LogP contribution in [0.1, 0.15) is 11.4 Å². The zero-order valence-electron chi connectivity index (χ0n) is 9.91. The van der Waals surface area contributed by atoms with Crippen molar-refractivity contribution in [1.82, 2.24) is 14.7 Å². The second-order valence-corrected chi connectivity index (χ2v) is 5.89. The summed E-state index contributed by atoms with van der Waals surface area (Å²) in [5, 5.41) is 3.30. The van der Waals surface area contributed by atoms with Crippen molar-refractivity contribution >= 4 is 27.4 Å². The first-order chi connectivity index (χ1) is 7.85. The second-order valence-electron chi connectivity index (χ2n) is 3.49. The summed E-state index contributed by atoms with van der Waals surface area (Å²) in [5.41, 5.74) is 0.708. The Morgan fingerprint density at radius 2 is 1.94 bits per heavy atom. The maximum atomic E-state index is 11.2. The zero-order valence-corrected chi connectivity index (χ0v) is 11.5. The summed E-state index contributed by atoms with van der Waals surface area (Å²) in [7, 11) is -1.83. The first kappa shape index (κ1) is 14.1. The molecule has 17 heavy (non-hydrogen) atoms. The summed E-state index contributed by atoms with van der Waals surface area (Å²) in [6, 6.07) is 0. The molecule has 0 unspecified atom stereocenters. The van der Waals surface area contributed by atoms with E-state index < -0.39 is 10.0 Å². The Balaban J connectivity index is 2.70. The minimum Gasteiger partial charge on any atom is -0.369 e. The predicted molar refractivity (Wildman–Crippen MR) is 67.9 cm³/mol. The average Bonchev–Trinajstić information content (AvgIpc) is 2.24. The molecule has 0 saturated carbocycles. The van der Waals surface area contributed by atoms with E-state index >= 15 is 0 Å². The summed E-state index contributed by atoms with van der Waals surface area (Å²) >= 11 is 5.89. The van der Waals surface area contributed by atoms with Gasteiger partial charge in [-0.1, -0.05) is 11.6 Å². The van der Waals surface area contributed by atoms with Crippen LogP contribution in [-0.4, -0.2) is 37.7 Å². The Morgan fingerprint density at radius 3 is 2.53 bits per heavy atom. The van der Waals surface area contributed by atoms with Crippen molar-refractivity contribution in [3.63, 3.8) is 0 Å². The third-order valence-corrected chi connectivity index (χ3v) is 3.90. The number of anilines is 1. The highest BCUT2D eigenvalue weighted by atomic mass is 35.5.